The fraction of sp³-hybridized carbons (Fsp3) is 0.333. The molecule has 1 aromatic rings. The molecule has 0 aliphatic carbocycles. The maximum absolute atomic E-state index is 5.47. The van der Waals surface area contributed by atoms with Gasteiger partial charge in [-0.05, 0) is 13.8 Å². The van der Waals surface area contributed by atoms with E-state index in [1.54, 1.807) is 10.9 Å². The van der Waals surface area contributed by atoms with Crippen molar-refractivity contribution in [1.29, 1.82) is 0 Å². The van der Waals surface area contributed by atoms with Gasteiger partial charge in [0.15, 0.2) is 0 Å². The third-order valence-corrected chi connectivity index (χ3v) is 1.37. The van der Waals surface area contributed by atoms with Crippen LogP contribution in [0.2, 0.25) is 0 Å². The Morgan fingerprint density at radius 3 is 2.90 bits per heavy atom. The summed E-state index contributed by atoms with van der Waals surface area (Å²) in [4.78, 5) is 0. The second-order valence-electron chi connectivity index (χ2n) is 1.99. The molecule has 0 atom stereocenters. The smallest absolute Gasteiger partial charge is 0.226 e. The molecule has 0 fully saturated rings. The highest BCUT2D eigenvalue weighted by Crippen LogP contribution is 2.05. The van der Waals surface area contributed by atoms with Crippen molar-refractivity contribution < 1.29 is 0 Å². The largest absolute Gasteiger partial charge is 0.368 e. The van der Waals surface area contributed by atoms with Crippen molar-refractivity contribution in [2.75, 3.05) is 5.73 Å². The highest BCUT2D eigenvalue weighted by atomic mass is 15.3. The van der Waals surface area contributed by atoms with Gasteiger partial charge in [0.25, 0.3) is 0 Å². The van der Waals surface area contributed by atoms with Gasteiger partial charge < -0.3 is 5.73 Å². The van der Waals surface area contributed by atoms with Crippen LogP contribution in [0.1, 0.15) is 13.8 Å². The average Bonchev–Trinajstić information content (AvgIpc) is 2.34. The zero-order valence-electron chi connectivity index (χ0n) is 6.07. The van der Waals surface area contributed by atoms with E-state index in [2.05, 4.69) is 10.2 Å². The Morgan fingerprint density at radius 2 is 2.50 bits per heavy atom. The van der Waals surface area contributed by atoms with Crippen LogP contribution < -0.4 is 5.73 Å². The molecular weight excluding hydrogens is 128 g/mol. The molecule has 0 spiro atoms. The van der Waals surface area contributed by atoms with Crippen molar-refractivity contribution in [2.45, 2.75) is 13.8 Å². The molecule has 0 bridgehead atoms. The molecule has 4 nitrogen and oxygen atoms in total. The summed E-state index contributed by atoms with van der Waals surface area (Å²) in [6.07, 6.45) is 3.53. The first-order chi connectivity index (χ1) is 4.75. The first-order valence-electron chi connectivity index (χ1n) is 3.04. The molecular formula is C6H10N4. The number of hydrogen-bond donors (Lipinski definition) is 1. The van der Waals surface area contributed by atoms with E-state index in [1.807, 2.05) is 19.9 Å². The second kappa shape index (κ2) is 2.51. The van der Waals surface area contributed by atoms with E-state index >= 15 is 0 Å². The van der Waals surface area contributed by atoms with Gasteiger partial charge in [0.2, 0.25) is 5.95 Å². The molecule has 1 rings (SSSR count). The van der Waals surface area contributed by atoms with Gasteiger partial charge in [-0.15, -0.1) is 10.2 Å². The SMILES string of the molecule is CC=C(C)n1cnnc1N. The Labute approximate surface area is 59.4 Å². The number of nitrogen functional groups attached to an aromatic ring is 1. The molecule has 0 unspecified atom stereocenters. The average molecular weight is 138 g/mol. The third kappa shape index (κ3) is 1.00. The van der Waals surface area contributed by atoms with E-state index in [1.165, 1.54) is 0 Å². The lowest BCUT2D eigenvalue weighted by molar-refractivity contribution is 1.08. The predicted octanol–water partition coefficient (Wildman–Crippen LogP) is 0.741. The minimum Gasteiger partial charge on any atom is -0.368 e. The normalized spacial score (nSPS) is 12.0. The maximum atomic E-state index is 5.47. The van der Waals surface area contributed by atoms with E-state index < -0.39 is 0 Å². The lowest BCUT2D eigenvalue weighted by Gasteiger charge is -1.99. The van der Waals surface area contributed by atoms with E-state index in [0.29, 0.717) is 5.95 Å². The number of nitrogens with two attached hydrogens (primary N) is 1. The van der Waals surface area contributed by atoms with Crippen molar-refractivity contribution >= 4 is 11.6 Å². The van der Waals surface area contributed by atoms with Crippen molar-refractivity contribution in [3.05, 3.63) is 12.4 Å². The maximum Gasteiger partial charge on any atom is 0.226 e. The molecule has 0 amide bonds. The standard InChI is InChI=1S/C6H10N4/c1-3-5(2)10-4-8-9-6(10)7/h3-4H,1-2H3,(H2,7,9). The fourth-order valence-electron chi connectivity index (χ4n) is 0.655. The zero-order valence-corrected chi connectivity index (χ0v) is 6.07. The zero-order chi connectivity index (χ0) is 7.56. The van der Waals surface area contributed by atoms with Gasteiger partial charge in [-0.1, -0.05) is 6.08 Å². The first kappa shape index (κ1) is 6.80. The molecule has 0 radical (unpaired) electrons. The van der Waals surface area contributed by atoms with Crippen molar-refractivity contribution in [1.82, 2.24) is 14.8 Å². The highest BCUT2D eigenvalue weighted by Gasteiger charge is 1.97. The van der Waals surface area contributed by atoms with Gasteiger partial charge in [-0.2, -0.15) is 0 Å². The number of rotatable bonds is 1. The molecule has 1 heterocycles. The Balaban J connectivity index is 3.05. The Kier molecular flexibility index (Phi) is 1.71. The summed E-state index contributed by atoms with van der Waals surface area (Å²) < 4.78 is 1.72. The van der Waals surface area contributed by atoms with Crippen molar-refractivity contribution in [3.63, 3.8) is 0 Å². The summed E-state index contributed by atoms with van der Waals surface area (Å²) in [7, 11) is 0. The summed E-state index contributed by atoms with van der Waals surface area (Å²) in [6.45, 7) is 3.88. The van der Waals surface area contributed by atoms with Crippen LogP contribution in [0, 0.1) is 0 Å². The van der Waals surface area contributed by atoms with E-state index in [-0.39, 0.29) is 0 Å². The number of aromatic nitrogens is 3. The van der Waals surface area contributed by atoms with Gasteiger partial charge in [0.1, 0.15) is 6.33 Å². The predicted molar refractivity (Wildman–Crippen MR) is 40.1 cm³/mol. The highest BCUT2D eigenvalue weighted by molar-refractivity contribution is 5.46. The van der Waals surface area contributed by atoms with Crippen molar-refractivity contribution in [3.8, 4) is 0 Å². The Morgan fingerprint density at radius 1 is 1.80 bits per heavy atom. The molecule has 0 aliphatic rings. The van der Waals surface area contributed by atoms with E-state index in [9.17, 15) is 0 Å². The van der Waals surface area contributed by atoms with Crippen LogP contribution in [-0.2, 0) is 0 Å². The van der Waals surface area contributed by atoms with Crippen LogP contribution in [-0.4, -0.2) is 14.8 Å². The summed E-state index contributed by atoms with van der Waals surface area (Å²) in [5.41, 5.74) is 6.50. The van der Waals surface area contributed by atoms with Gasteiger partial charge >= 0.3 is 0 Å². The molecule has 4 heteroatoms. The van der Waals surface area contributed by atoms with Crippen LogP contribution in [0.4, 0.5) is 5.95 Å². The molecule has 2 N–H and O–H groups in total. The Bertz CT molecular complexity index is 248. The quantitative estimate of drug-likeness (QED) is 0.622. The molecule has 10 heavy (non-hydrogen) atoms. The molecule has 54 valence electrons. The fourth-order valence-corrected chi connectivity index (χ4v) is 0.655. The third-order valence-electron chi connectivity index (χ3n) is 1.37. The topological polar surface area (TPSA) is 56.7 Å². The monoisotopic (exact) mass is 138 g/mol. The lowest BCUT2D eigenvalue weighted by Crippen LogP contribution is -1.98. The summed E-state index contributed by atoms with van der Waals surface area (Å²) in [5.74, 6) is 0.426. The molecule has 0 aromatic carbocycles. The molecule has 0 saturated heterocycles. The van der Waals surface area contributed by atoms with Crippen LogP contribution in [0.5, 0.6) is 0 Å². The summed E-state index contributed by atoms with van der Waals surface area (Å²) in [6, 6.07) is 0. The Hall–Kier alpha value is -1.32. The van der Waals surface area contributed by atoms with Crippen LogP contribution in [0.25, 0.3) is 5.70 Å². The minimum atomic E-state index is 0.426. The van der Waals surface area contributed by atoms with Crippen LogP contribution >= 0.6 is 0 Å². The van der Waals surface area contributed by atoms with Crippen molar-refractivity contribution in [2.24, 2.45) is 0 Å². The number of hydrogen-bond acceptors (Lipinski definition) is 3. The van der Waals surface area contributed by atoms with Gasteiger partial charge in [-0.3, -0.25) is 4.57 Å². The van der Waals surface area contributed by atoms with Crippen LogP contribution in [0.3, 0.4) is 0 Å². The molecule has 0 saturated carbocycles. The number of anilines is 1. The minimum absolute atomic E-state index is 0.426. The van der Waals surface area contributed by atoms with Gasteiger partial charge in [0, 0.05) is 5.70 Å². The number of allylic oxidation sites excluding steroid dienone is 2. The summed E-state index contributed by atoms with van der Waals surface area (Å²) in [5, 5.41) is 7.27. The number of nitrogens with zero attached hydrogens (tertiary/aromatic N) is 3. The summed E-state index contributed by atoms with van der Waals surface area (Å²) >= 11 is 0. The molecule has 1 aromatic heterocycles. The van der Waals surface area contributed by atoms with E-state index in [0.717, 1.165) is 5.70 Å². The molecule has 0 aliphatic heterocycles. The van der Waals surface area contributed by atoms with Gasteiger partial charge in [0.05, 0.1) is 0 Å². The first-order valence-corrected chi connectivity index (χ1v) is 3.04. The van der Waals surface area contributed by atoms with Gasteiger partial charge in [-0.25, -0.2) is 0 Å². The van der Waals surface area contributed by atoms with E-state index in [4.69, 9.17) is 5.73 Å². The lowest BCUT2D eigenvalue weighted by atomic mass is 10.4. The second-order valence-corrected chi connectivity index (χ2v) is 1.99. The van der Waals surface area contributed by atoms with Crippen LogP contribution in [0.15, 0.2) is 12.4 Å².